The van der Waals surface area contributed by atoms with E-state index in [1.54, 1.807) is 6.07 Å². The predicted molar refractivity (Wildman–Crippen MR) is 89.6 cm³/mol. The molecule has 9 heteroatoms. The molecule has 2 amide bonds. The average molecular weight is 358 g/mol. The zero-order valence-corrected chi connectivity index (χ0v) is 13.2. The molecule has 1 fully saturated rings. The molecule has 1 aromatic carbocycles. The first kappa shape index (κ1) is 16.4. The van der Waals surface area contributed by atoms with Crippen LogP contribution in [-0.4, -0.2) is 33.1 Å². The van der Waals surface area contributed by atoms with Gasteiger partial charge in [-0.2, -0.15) is 0 Å². The number of aromatic carboxylic acids is 1. The summed E-state index contributed by atoms with van der Waals surface area (Å²) in [6.45, 7) is 0. The fourth-order valence-electron chi connectivity index (χ4n) is 2.20. The Morgan fingerprint density at radius 1 is 1.12 bits per heavy atom. The number of benzene rings is 1. The van der Waals surface area contributed by atoms with Crippen LogP contribution < -0.4 is 10.6 Å². The van der Waals surface area contributed by atoms with Crippen LogP contribution in [-0.2, 0) is 9.59 Å². The number of carbonyl (C=O) groups is 3. The number of furan rings is 1. The van der Waals surface area contributed by atoms with Crippen molar-refractivity contribution in [3.05, 3.63) is 47.2 Å². The van der Waals surface area contributed by atoms with Gasteiger partial charge in [-0.15, -0.1) is 0 Å². The van der Waals surface area contributed by atoms with Gasteiger partial charge in [0.25, 0.3) is 11.8 Å². The lowest BCUT2D eigenvalue weighted by Gasteiger charge is -2.15. The minimum Gasteiger partial charge on any atom is -0.507 e. The van der Waals surface area contributed by atoms with Crippen LogP contribution in [0.4, 0.5) is 0 Å². The lowest BCUT2D eigenvalue weighted by Crippen LogP contribution is -2.51. The minimum absolute atomic E-state index is 0.0683. The maximum absolute atomic E-state index is 11.8. The SMILES string of the molecule is O=C1NC(=S)NC(=O)C1=Cc1ccc(-c2ccc(C(=O)O)c(O)c2)o1. The Bertz CT molecular complexity index is 937. The second-order valence-electron chi connectivity index (χ2n) is 5.03. The van der Waals surface area contributed by atoms with Crippen LogP contribution in [0.5, 0.6) is 5.75 Å². The van der Waals surface area contributed by atoms with Gasteiger partial charge in [0.15, 0.2) is 5.11 Å². The molecular weight excluding hydrogens is 348 g/mol. The fourth-order valence-corrected chi connectivity index (χ4v) is 2.39. The van der Waals surface area contributed by atoms with Crippen molar-refractivity contribution in [3.8, 4) is 17.1 Å². The molecule has 2 heterocycles. The van der Waals surface area contributed by atoms with Gasteiger partial charge in [0.05, 0.1) is 0 Å². The summed E-state index contributed by atoms with van der Waals surface area (Å²) in [6, 6.07) is 7.05. The first-order valence-corrected chi connectivity index (χ1v) is 7.31. The third kappa shape index (κ3) is 3.26. The largest absolute Gasteiger partial charge is 0.507 e. The number of carbonyl (C=O) groups excluding carboxylic acids is 2. The van der Waals surface area contributed by atoms with Gasteiger partial charge in [0.1, 0.15) is 28.4 Å². The van der Waals surface area contributed by atoms with Crippen molar-refractivity contribution in [2.24, 2.45) is 0 Å². The number of phenols is 1. The first-order valence-electron chi connectivity index (χ1n) is 6.90. The molecule has 0 saturated carbocycles. The number of amides is 2. The van der Waals surface area contributed by atoms with Crippen molar-refractivity contribution in [1.29, 1.82) is 0 Å². The summed E-state index contributed by atoms with van der Waals surface area (Å²) in [5.41, 5.74) is 0.0358. The van der Waals surface area contributed by atoms with Crippen molar-refractivity contribution < 1.29 is 29.0 Å². The van der Waals surface area contributed by atoms with Crippen LogP contribution in [0.15, 0.2) is 40.3 Å². The van der Waals surface area contributed by atoms with E-state index in [0.717, 1.165) is 0 Å². The Kier molecular flexibility index (Phi) is 4.07. The van der Waals surface area contributed by atoms with Crippen LogP contribution in [0.25, 0.3) is 17.4 Å². The zero-order chi connectivity index (χ0) is 18.1. The average Bonchev–Trinajstić information content (AvgIpc) is 2.99. The molecule has 0 unspecified atom stereocenters. The molecule has 0 bridgehead atoms. The van der Waals surface area contributed by atoms with E-state index in [1.807, 2.05) is 0 Å². The molecule has 126 valence electrons. The molecule has 1 saturated heterocycles. The molecule has 25 heavy (non-hydrogen) atoms. The fraction of sp³-hybridized carbons (Fsp3) is 0. The van der Waals surface area contributed by atoms with Crippen LogP contribution in [0, 0.1) is 0 Å². The van der Waals surface area contributed by atoms with Crippen molar-refractivity contribution in [2.75, 3.05) is 0 Å². The molecule has 0 aliphatic carbocycles. The summed E-state index contributed by atoms with van der Waals surface area (Å²) in [7, 11) is 0. The maximum atomic E-state index is 11.8. The lowest BCUT2D eigenvalue weighted by atomic mass is 10.1. The Morgan fingerprint density at radius 3 is 2.40 bits per heavy atom. The van der Waals surface area contributed by atoms with Gasteiger partial charge in [-0.25, -0.2) is 4.79 Å². The minimum atomic E-state index is -1.25. The summed E-state index contributed by atoms with van der Waals surface area (Å²) >= 11 is 4.71. The van der Waals surface area contributed by atoms with E-state index in [4.69, 9.17) is 21.7 Å². The van der Waals surface area contributed by atoms with Gasteiger partial charge < -0.3 is 14.6 Å². The van der Waals surface area contributed by atoms with Crippen LogP contribution in [0.3, 0.4) is 0 Å². The highest BCUT2D eigenvalue weighted by molar-refractivity contribution is 7.80. The molecule has 1 aromatic heterocycles. The number of hydrogen-bond donors (Lipinski definition) is 4. The number of thiocarbonyl (C=S) groups is 1. The van der Waals surface area contributed by atoms with Crippen molar-refractivity contribution in [1.82, 2.24) is 10.6 Å². The predicted octanol–water partition coefficient (Wildman–Crippen LogP) is 1.26. The normalized spacial score (nSPS) is 14.1. The van der Waals surface area contributed by atoms with Gasteiger partial charge in [0.2, 0.25) is 0 Å². The summed E-state index contributed by atoms with van der Waals surface area (Å²) in [5.74, 6) is -2.39. The first-order chi connectivity index (χ1) is 11.8. The van der Waals surface area contributed by atoms with E-state index >= 15 is 0 Å². The number of aromatic hydroxyl groups is 1. The molecule has 0 radical (unpaired) electrons. The van der Waals surface area contributed by atoms with Crippen molar-refractivity contribution in [3.63, 3.8) is 0 Å². The molecule has 3 rings (SSSR count). The number of carboxylic acids is 1. The molecule has 0 spiro atoms. The highest BCUT2D eigenvalue weighted by Gasteiger charge is 2.26. The Balaban J connectivity index is 1.90. The summed E-state index contributed by atoms with van der Waals surface area (Å²) in [5, 5.41) is 23.2. The summed E-state index contributed by atoms with van der Waals surface area (Å²) in [6.07, 6.45) is 1.25. The third-order valence-corrected chi connectivity index (χ3v) is 3.57. The second kappa shape index (κ2) is 6.21. The Morgan fingerprint density at radius 2 is 1.80 bits per heavy atom. The van der Waals surface area contributed by atoms with Crippen LogP contribution >= 0.6 is 12.2 Å². The molecule has 8 nitrogen and oxygen atoms in total. The topological polar surface area (TPSA) is 129 Å². The molecule has 2 aromatic rings. The van der Waals surface area contributed by atoms with E-state index in [2.05, 4.69) is 10.6 Å². The standard InChI is InChI=1S/C16H10N2O6S/c19-11-5-7(1-3-9(11)15(22)23)12-4-2-8(24-12)6-10-13(20)17-16(25)18-14(10)21/h1-6,19H,(H,22,23)(H2,17,18,20,21,25). The third-order valence-electron chi connectivity index (χ3n) is 3.37. The monoisotopic (exact) mass is 358 g/mol. The lowest BCUT2D eigenvalue weighted by molar-refractivity contribution is -0.123. The quantitative estimate of drug-likeness (QED) is 0.369. The highest BCUT2D eigenvalue weighted by Crippen LogP contribution is 2.28. The van der Waals surface area contributed by atoms with E-state index in [0.29, 0.717) is 11.3 Å². The van der Waals surface area contributed by atoms with Gasteiger partial charge >= 0.3 is 5.97 Å². The molecule has 0 atom stereocenters. The zero-order valence-electron chi connectivity index (χ0n) is 12.4. The maximum Gasteiger partial charge on any atom is 0.339 e. The van der Waals surface area contributed by atoms with E-state index in [-0.39, 0.29) is 22.0 Å². The van der Waals surface area contributed by atoms with Crippen LogP contribution in [0.2, 0.25) is 0 Å². The van der Waals surface area contributed by atoms with Crippen LogP contribution in [0.1, 0.15) is 16.1 Å². The van der Waals surface area contributed by atoms with Gasteiger partial charge in [0, 0.05) is 5.56 Å². The molecule has 1 aliphatic rings. The Labute approximate surface area is 145 Å². The smallest absolute Gasteiger partial charge is 0.339 e. The van der Waals surface area contributed by atoms with Gasteiger partial charge in [-0.3, -0.25) is 20.2 Å². The molecule has 4 N–H and O–H groups in total. The van der Waals surface area contributed by atoms with Gasteiger partial charge in [-0.05, 0) is 42.6 Å². The molecular formula is C16H10N2O6S. The number of carboxylic acid groups (broad SMARTS) is 1. The summed E-state index contributed by atoms with van der Waals surface area (Å²) < 4.78 is 5.52. The number of nitrogens with one attached hydrogen (secondary N) is 2. The number of hydrogen-bond acceptors (Lipinski definition) is 6. The van der Waals surface area contributed by atoms with Crippen molar-refractivity contribution >= 4 is 41.2 Å². The summed E-state index contributed by atoms with van der Waals surface area (Å²) in [4.78, 5) is 34.5. The second-order valence-corrected chi connectivity index (χ2v) is 5.44. The highest BCUT2D eigenvalue weighted by atomic mass is 32.1. The number of rotatable bonds is 3. The Hall–Kier alpha value is -3.46. The van der Waals surface area contributed by atoms with E-state index < -0.39 is 23.5 Å². The van der Waals surface area contributed by atoms with Gasteiger partial charge in [-0.1, -0.05) is 6.07 Å². The van der Waals surface area contributed by atoms with E-state index in [1.165, 1.54) is 30.3 Å². The van der Waals surface area contributed by atoms with E-state index in [9.17, 15) is 19.5 Å². The van der Waals surface area contributed by atoms with Crippen molar-refractivity contribution in [2.45, 2.75) is 0 Å². The molecule has 1 aliphatic heterocycles.